The molecule has 0 N–H and O–H groups in total. The van der Waals surface area contributed by atoms with Crippen LogP contribution in [-0.4, -0.2) is 47.0 Å². The number of allylic oxidation sites excluding steroid dienone is 1. The van der Waals surface area contributed by atoms with Gasteiger partial charge in [0.05, 0.1) is 23.7 Å². The van der Waals surface area contributed by atoms with Gasteiger partial charge in [-0.15, -0.1) is 0 Å². The molecule has 1 aromatic carbocycles. The van der Waals surface area contributed by atoms with Crippen molar-refractivity contribution in [3.8, 4) is 0 Å². The molecule has 0 bridgehead atoms. The van der Waals surface area contributed by atoms with Crippen LogP contribution in [0.1, 0.15) is 31.9 Å². The van der Waals surface area contributed by atoms with Crippen LogP contribution < -0.4 is 0 Å². The lowest BCUT2D eigenvalue weighted by Crippen LogP contribution is -2.38. The van der Waals surface area contributed by atoms with Crippen LogP contribution in [0.25, 0.3) is 0 Å². The molecule has 8 heteroatoms. The van der Waals surface area contributed by atoms with Crippen molar-refractivity contribution in [3.63, 3.8) is 0 Å². The van der Waals surface area contributed by atoms with E-state index in [0.717, 1.165) is 16.4 Å². The van der Waals surface area contributed by atoms with E-state index in [4.69, 9.17) is 16.3 Å². The molecule has 0 aliphatic carbocycles. The summed E-state index contributed by atoms with van der Waals surface area (Å²) in [6.45, 7) is 8.07. The number of rotatable bonds is 7. The summed E-state index contributed by atoms with van der Waals surface area (Å²) in [5.74, 6) is -0.453. The summed E-state index contributed by atoms with van der Waals surface area (Å²) >= 11 is 7.54. The Hall–Kier alpha value is -2.51. The van der Waals surface area contributed by atoms with E-state index in [0.29, 0.717) is 22.8 Å². The monoisotopic (exact) mass is 445 g/mol. The second-order valence-corrected chi connectivity index (χ2v) is 8.19. The SMILES string of the molecule is C=CCOC(=O)C1=C(C)N=C2SC=C(CC(=O)N(C)CC)N2C1c1ccc(Cl)cc1. The number of amidine groups is 1. The lowest BCUT2D eigenvalue weighted by molar-refractivity contribution is -0.138. The first-order chi connectivity index (χ1) is 14.4. The molecule has 1 amide bonds. The van der Waals surface area contributed by atoms with Gasteiger partial charge in [-0.25, -0.2) is 9.79 Å². The maximum Gasteiger partial charge on any atom is 0.338 e. The van der Waals surface area contributed by atoms with E-state index in [-0.39, 0.29) is 18.9 Å². The van der Waals surface area contributed by atoms with Gasteiger partial charge in [-0.2, -0.15) is 0 Å². The lowest BCUT2D eigenvalue weighted by Gasteiger charge is -2.36. The van der Waals surface area contributed by atoms with Crippen LogP contribution in [0.3, 0.4) is 0 Å². The third kappa shape index (κ3) is 4.47. The molecule has 3 rings (SSSR count). The topological polar surface area (TPSA) is 62.2 Å². The predicted molar refractivity (Wildman–Crippen MR) is 121 cm³/mol. The van der Waals surface area contributed by atoms with E-state index in [1.165, 1.54) is 17.8 Å². The second kappa shape index (κ2) is 9.53. The lowest BCUT2D eigenvalue weighted by atomic mass is 9.94. The van der Waals surface area contributed by atoms with Gasteiger partial charge in [0.2, 0.25) is 5.91 Å². The van der Waals surface area contributed by atoms with Gasteiger partial charge in [0, 0.05) is 24.3 Å². The summed E-state index contributed by atoms with van der Waals surface area (Å²) in [4.78, 5) is 33.8. The number of hydrogen-bond acceptors (Lipinski definition) is 6. The summed E-state index contributed by atoms with van der Waals surface area (Å²) in [6.07, 6.45) is 1.74. The zero-order chi connectivity index (χ0) is 21.8. The van der Waals surface area contributed by atoms with Crippen molar-refractivity contribution in [2.75, 3.05) is 20.2 Å². The standard InChI is InChI=1S/C22H24ClN3O3S/c1-5-11-29-21(28)19-14(3)24-22-26(20(19)15-7-9-16(23)10-8-15)17(13-30-22)12-18(27)25(4)6-2/h5,7-10,13,20H,1,6,11-12H2,2-4H3. The molecular weight excluding hydrogens is 422 g/mol. The first-order valence-electron chi connectivity index (χ1n) is 9.59. The van der Waals surface area contributed by atoms with E-state index in [1.807, 2.05) is 29.4 Å². The number of thioether (sulfide) groups is 1. The molecule has 0 saturated carbocycles. The molecule has 2 aliphatic heterocycles. The third-order valence-corrected chi connectivity index (χ3v) is 6.11. The molecular formula is C22H24ClN3O3S. The number of carbonyl (C=O) groups is 2. The van der Waals surface area contributed by atoms with Crippen molar-refractivity contribution >= 4 is 40.4 Å². The van der Waals surface area contributed by atoms with Crippen molar-refractivity contribution in [2.24, 2.45) is 4.99 Å². The van der Waals surface area contributed by atoms with E-state index in [2.05, 4.69) is 11.6 Å². The molecule has 2 aliphatic rings. The maximum atomic E-state index is 12.9. The Morgan fingerprint density at radius 3 is 2.70 bits per heavy atom. The fraction of sp³-hybridized carbons (Fsp3) is 0.318. The van der Waals surface area contributed by atoms with Crippen LogP contribution in [0, 0.1) is 0 Å². The second-order valence-electron chi connectivity index (χ2n) is 6.92. The number of amides is 1. The molecule has 1 aromatic rings. The summed E-state index contributed by atoms with van der Waals surface area (Å²) in [5, 5.41) is 3.26. The number of halogens is 1. The first-order valence-corrected chi connectivity index (χ1v) is 10.8. The Morgan fingerprint density at radius 2 is 2.07 bits per heavy atom. The van der Waals surface area contributed by atoms with Gasteiger partial charge < -0.3 is 14.5 Å². The number of benzene rings is 1. The zero-order valence-electron chi connectivity index (χ0n) is 17.2. The van der Waals surface area contributed by atoms with Gasteiger partial charge in [-0.3, -0.25) is 4.79 Å². The molecule has 0 radical (unpaired) electrons. The van der Waals surface area contributed by atoms with E-state index < -0.39 is 12.0 Å². The minimum absolute atomic E-state index is 0.00233. The van der Waals surface area contributed by atoms with Gasteiger partial charge >= 0.3 is 5.97 Å². The van der Waals surface area contributed by atoms with Crippen molar-refractivity contribution in [2.45, 2.75) is 26.3 Å². The highest BCUT2D eigenvalue weighted by Crippen LogP contribution is 2.45. The van der Waals surface area contributed by atoms with Gasteiger partial charge in [-0.05, 0) is 37.0 Å². The Bertz CT molecular complexity index is 953. The molecule has 1 unspecified atom stereocenters. The minimum Gasteiger partial charge on any atom is -0.458 e. The van der Waals surface area contributed by atoms with Gasteiger partial charge in [0.15, 0.2) is 5.17 Å². The Labute approximate surface area is 185 Å². The van der Waals surface area contributed by atoms with Crippen molar-refractivity contribution in [1.29, 1.82) is 0 Å². The quantitative estimate of drug-likeness (QED) is 0.456. The predicted octanol–water partition coefficient (Wildman–Crippen LogP) is 4.51. The van der Waals surface area contributed by atoms with Crippen LogP contribution in [0.15, 0.2) is 64.3 Å². The molecule has 0 saturated heterocycles. The summed E-state index contributed by atoms with van der Waals surface area (Å²) in [6, 6.07) is 6.86. The summed E-state index contributed by atoms with van der Waals surface area (Å²) in [5.41, 5.74) is 2.69. The zero-order valence-corrected chi connectivity index (χ0v) is 18.8. The minimum atomic E-state index is -0.465. The average molecular weight is 446 g/mol. The molecule has 30 heavy (non-hydrogen) atoms. The number of ether oxygens (including phenoxy) is 1. The fourth-order valence-corrected chi connectivity index (χ4v) is 4.36. The van der Waals surface area contributed by atoms with Gasteiger partial charge in [0.1, 0.15) is 6.61 Å². The van der Waals surface area contributed by atoms with Crippen LogP contribution in [0.2, 0.25) is 5.02 Å². The highest BCUT2D eigenvalue weighted by Gasteiger charge is 2.41. The summed E-state index contributed by atoms with van der Waals surface area (Å²) in [7, 11) is 1.77. The molecule has 158 valence electrons. The van der Waals surface area contributed by atoms with Crippen LogP contribution >= 0.6 is 23.4 Å². The highest BCUT2D eigenvalue weighted by atomic mass is 35.5. The number of esters is 1. The fourth-order valence-electron chi connectivity index (χ4n) is 3.27. The largest absolute Gasteiger partial charge is 0.458 e. The Balaban J connectivity index is 2.04. The van der Waals surface area contributed by atoms with E-state index >= 15 is 0 Å². The van der Waals surface area contributed by atoms with Gasteiger partial charge in [-0.1, -0.05) is 48.2 Å². The first kappa shape index (κ1) is 22.2. The number of carbonyl (C=O) groups excluding carboxylic acids is 2. The van der Waals surface area contributed by atoms with E-state index in [1.54, 1.807) is 31.0 Å². The normalized spacial score (nSPS) is 17.9. The molecule has 2 heterocycles. The van der Waals surface area contributed by atoms with Gasteiger partial charge in [0.25, 0.3) is 0 Å². The van der Waals surface area contributed by atoms with Crippen molar-refractivity contribution < 1.29 is 14.3 Å². The molecule has 1 atom stereocenters. The van der Waals surface area contributed by atoms with E-state index in [9.17, 15) is 9.59 Å². The Kier molecular flexibility index (Phi) is 7.05. The number of nitrogens with zero attached hydrogens (tertiary/aromatic N) is 3. The molecule has 0 aromatic heterocycles. The number of fused-ring (bicyclic) bond motifs is 1. The van der Waals surface area contributed by atoms with Crippen LogP contribution in [0.4, 0.5) is 0 Å². The maximum absolute atomic E-state index is 12.9. The Morgan fingerprint density at radius 1 is 1.37 bits per heavy atom. The smallest absolute Gasteiger partial charge is 0.338 e. The van der Waals surface area contributed by atoms with Crippen molar-refractivity contribution in [1.82, 2.24) is 9.80 Å². The molecule has 0 spiro atoms. The van der Waals surface area contributed by atoms with Crippen LogP contribution in [-0.2, 0) is 14.3 Å². The van der Waals surface area contributed by atoms with Crippen molar-refractivity contribution in [3.05, 3.63) is 69.9 Å². The third-order valence-electron chi connectivity index (χ3n) is 4.97. The average Bonchev–Trinajstić information content (AvgIpc) is 3.12. The number of hydrogen-bond donors (Lipinski definition) is 0. The summed E-state index contributed by atoms with van der Waals surface area (Å²) < 4.78 is 5.36. The highest BCUT2D eigenvalue weighted by molar-refractivity contribution is 8.16. The van der Waals surface area contributed by atoms with Crippen LogP contribution in [0.5, 0.6) is 0 Å². The number of aliphatic imine (C=N–C) groups is 1. The molecule has 6 nitrogen and oxygen atoms in total. The molecule has 0 fully saturated rings.